The van der Waals surface area contributed by atoms with Crippen molar-refractivity contribution in [3.05, 3.63) is 28.9 Å². The zero-order valence-electron chi connectivity index (χ0n) is 11.3. The molecule has 0 bridgehead atoms. The molecular weight excluding hydrogens is 265 g/mol. The zero-order chi connectivity index (χ0) is 15.0. The first-order chi connectivity index (χ1) is 9.38. The van der Waals surface area contributed by atoms with Gasteiger partial charge in [-0.05, 0) is 19.9 Å². The first kappa shape index (κ1) is 13.9. The Morgan fingerprint density at radius 1 is 1.35 bits per heavy atom. The molecule has 2 rings (SSSR count). The number of halogens is 1. The summed E-state index contributed by atoms with van der Waals surface area (Å²) in [4.78, 5) is 11.7. The number of hydrogen-bond acceptors (Lipinski definition) is 6. The summed E-state index contributed by atoms with van der Waals surface area (Å²) in [6, 6.07) is 1.29. The molecule has 0 aliphatic carbocycles. The maximum absolute atomic E-state index is 14.3. The van der Waals surface area contributed by atoms with Crippen LogP contribution < -0.4 is 11.5 Å². The monoisotopic (exact) mass is 279 g/mol. The minimum absolute atomic E-state index is 0.00130. The summed E-state index contributed by atoms with van der Waals surface area (Å²) in [7, 11) is 1.21. The predicted molar refractivity (Wildman–Crippen MR) is 71.5 cm³/mol. The molecule has 0 unspecified atom stereocenters. The highest BCUT2D eigenvalue weighted by molar-refractivity contribution is 6.00. The number of carbonyl (C=O) groups is 1. The van der Waals surface area contributed by atoms with E-state index in [9.17, 15) is 9.18 Å². The van der Waals surface area contributed by atoms with Gasteiger partial charge in [-0.25, -0.2) is 9.18 Å². The number of anilines is 2. The van der Waals surface area contributed by atoms with Crippen LogP contribution in [0.25, 0.3) is 11.1 Å². The Labute approximate surface area is 114 Å². The Morgan fingerprint density at radius 3 is 2.50 bits per heavy atom. The van der Waals surface area contributed by atoms with E-state index in [1.54, 1.807) is 13.8 Å². The molecule has 1 aromatic heterocycles. The third-order valence-electron chi connectivity index (χ3n) is 3.05. The smallest absolute Gasteiger partial charge is 0.340 e. The van der Waals surface area contributed by atoms with Crippen molar-refractivity contribution in [3.63, 3.8) is 0 Å². The van der Waals surface area contributed by atoms with Crippen LogP contribution >= 0.6 is 0 Å². The molecule has 106 valence electrons. The standard InChI is InChI=1S/C13H14FN3O3/c1-5-9(6(2)20-17-5)7-4-8(13(18)19-3)11(15)12(16)10(7)14/h4H,15-16H2,1-3H3. The molecule has 0 saturated carbocycles. The zero-order valence-corrected chi connectivity index (χ0v) is 11.3. The number of aromatic nitrogens is 1. The van der Waals surface area contributed by atoms with Crippen molar-refractivity contribution < 1.29 is 18.4 Å². The fourth-order valence-corrected chi connectivity index (χ4v) is 2.02. The molecule has 2 aromatic rings. The van der Waals surface area contributed by atoms with Gasteiger partial charge in [-0.15, -0.1) is 0 Å². The molecule has 0 radical (unpaired) electrons. The Kier molecular flexibility index (Phi) is 3.35. The van der Waals surface area contributed by atoms with Gasteiger partial charge in [-0.2, -0.15) is 0 Å². The second-order valence-corrected chi connectivity index (χ2v) is 4.30. The first-order valence-electron chi connectivity index (χ1n) is 5.77. The lowest BCUT2D eigenvalue weighted by Gasteiger charge is -2.12. The van der Waals surface area contributed by atoms with E-state index in [-0.39, 0.29) is 22.5 Å². The van der Waals surface area contributed by atoms with Gasteiger partial charge in [0.05, 0.1) is 35.3 Å². The van der Waals surface area contributed by atoms with Gasteiger partial charge in [0, 0.05) is 5.56 Å². The van der Waals surface area contributed by atoms with Gasteiger partial charge in [-0.1, -0.05) is 5.16 Å². The number of nitrogen functional groups attached to an aromatic ring is 2. The van der Waals surface area contributed by atoms with Gasteiger partial charge >= 0.3 is 5.97 Å². The SMILES string of the molecule is COC(=O)c1cc(-c2c(C)noc2C)c(F)c(N)c1N. The van der Waals surface area contributed by atoms with Crippen LogP contribution in [0.5, 0.6) is 0 Å². The second kappa shape index (κ2) is 4.84. The number of methoxy groups -OCH3 is 1. The number of aryl methyl sites for hydroxylation is 2. The van der Waals surface area contributed by atoms with Crippen molar-refractivity contribution in [2.24, 2.45) is 0 Å². The average molecular weight is 279 g/mol. The summed E-state index contributed by atoms with van der Waals surface area (Å²) in [5, 5.41) is 3.75. The lowest BCUT2D eigenvalue weighted by molar-refractivity contribution is 0.0602. The molecule has 7 heteroatoms. The van der Waals surface area contributed by atoms with Crippen molar-refractivity contribution in [1.29, 1.82) is 0 Å². The fraction of sp³-hybridized carbons (Fsp3) is 0.231. The summed E-state index contributed by atoms with van der Waals surface area (Å²) in [6.45, 7) is 3.30. The molecule has 0 aliphatic rings. The minimum atomic E-state index is -0.718. The molecule has 1 heterocycles. The Morgan fingerprint density at radius 2 is 2.00 bits per heavy atom. The van der Waals surface area contributed by atoms with Crippen LogP contribution in [0.15, 0.2) is 10.6 Å². The highest BCUT2D eigenvalue weighted by atomic mass is 19.1. The normalized spacial score (nSPS) is 10.6. The molecule has 0 aliphatic heterocycles. The van der Waals surface area contributed by atoms with E-state index in [4.69, 9.17) is 16.0 Å². The van der Waals surface area contributed by atoms with Crippen LogP contribution in [0.4, 0.5) is 15.8 Å². The van der Waals surface area contributed by atoms with Gasteiger partial charge in [0.2, 0.25) is 0 Å². The Balaban J connectivity index is 2.78. The number of nitrogens with zero attached hydrogens (tertiary/aromatic N) is 1. The van der Waals surface area contributed by atoms with E-state index >= 15 is 0 Å². The largest absolute Gasteiger partial charge is 0.465 e. The highest BCUT2D eigenvalue weighted by Crippen LogP contribution is 2.36. The molecule has 4 N–H and O–H groups in total. The molecule has 20 heavy (non-hydrogen) atoms. The van der Waals surface area contributed by atoms with E-state index in [2.05, 4.69) is 9.89 Å². The van der Waals surface area contributed by atoms with E-state index in [0.717, 1.165) is 0 Å². The maximum Gasteiger partial charge on any atom is 0.340 e. The highest BCUT2D eigenvalue weighted by Gasteiger charge is 2.23. The van der Waals surface area contributed by atoms with Crippen LogP contribution in [0, 0.1) is 19.7 Å². The molecule has 0 saturated heterocycles. The third kappa shape index (κ3) is 1.97. The van der Waals surface area contributed by atoms with Crippen molar-refractivity contribution in [2.45, 2.75) is 13.8 Å². The number of benzene rings is 1. The van der Waals surface area contributed by atoms with Crippen LogP contribution in [-0.2, 0) is 4.74 Å². The summed E-state index contributed by atoms with van der Waals surface area (Å²) < 4.78 is 23.9. The number of esters is 1. The van der Waals surface area contributed by atoms with Gasteiger partial charge in [0.25, 0.3) is 0 Å². The fourth-order valence-electron chi connectivity index (χ4n) is 2.02. The molecule has 0 amide bonds. The molecular formula is C13H14FN3O3. The summed E-state index contributed by atoms with van der Waals surface area (Å²) in [6.07, 6.45) is 0. The summed E-state index contributed by atoms with van der Waals surface area (Å²) in [5.74, 6) is -0.992. The Bertz CT molecular complexity index is 675. The number of hydrogen-bond donors (Lipinski definition) is 2. The van der Waals surface area contributed by atoms with Gasteiger partial charge in [-0.3, -0.25) is 0 Å². The number of ether oxygens (including phenoxy) is 1. The minimum Gasteiger partial charge on any atom is -0.465 e. The van der Waals surface area contributed by atoms with Crippen LogP contribution in [-0.4, -0.2) is 18.2 Å². The number of carbonyl (C=O) groups excluding carboxylic acids is 1. The van der Waals surface area contributed by atoms with Crippen molar-refractivity contribution >= 4 is 17.3 Å². The van der Waals surface area contributed by atoms with E-state index < -0.39 is 11.8 Å². The number of nitrogens with two attached hydrogens (primary N) is 2. The lowest BCUT2D eigenvalue weighted by atomic mass is 9.98. The van der Waals surface area contributed by atoms with E-state index in [1.807, 2.05) is 0 Å². The molecule has 0 fully saturated rings. The molecule has 6 nitrogen and oxygen atoms in total. The second-order valence-electron chi connectivity index (χ2n) is 4.30. The summed E-state index contributed by atoms with van der Waals surface area (Å²) >= 11 is 0. The van der Waals surface area contributed by atoms with Gasteiger partial charge in [0.15, 0.2) is 5.82 Å². The van der Waals surface area contributed by atoms with Crippen molar-refractivity contribution in [1.82, 2.24) is 5.16 Å². The quantitative estimate of drug-likeness (QED) is 0.644. The van der Waals surface area contributed by atoms with Crippen molar-refractivity contribution in [3.8, 4) is 11.1 Å². The van der Waals surface area contributed by atoms with Crippen molar-refractivity contribution in [2.75, 3.05) is 18.6 Å². The molecule has 0 atom stereocenters. The van der Waals surface area contributed by atoms with Gasteiger partial charge < -0.3 is 20.7 Å². The van der Waals surface area contributed by atoms with E-state index in [0.29, 0.717) is 17.0 Å². The number of rotatable bonds is 2. The predicted octanol–water partition coefficient (Wildman–Crippen LogP) is 2.05. The topological polar surface area (TPSA) is 104 Å². The first-order valence-corrected chi connectivity index (χ1v) is 5.77. The average Bonchev–Trinajstić information content (AvgIpc) is 2.76. The molecule has 1 aromatic carbocycles. The van der Waals surface area contributed by atoms with Crippen LogP contribution in [0.1, 0.15) is 21.8 Å². The summed E-state index contributed by atoms with van der Waals surface area (Å²) in [5.41, 5.74) is 11.9. The van der Waals surface area contributed by atoms with Crippen LogP contribution in [0.2, 0.25) is 0 Å². The van der Waals surface area contributed by atoms with E-state index in [1.165, 1.54) is 13.2 Å². The maximum atomic E-state index is 14.3. The van der Waals surface area contributed by atoms with Gasteiger partial charge in [0.1, 0.15) is 5.76 Å². The third-order valence-corrected chi connectivity index (χ3v) is 3.05. The Hall–Kier alpha value is -2.57. The van der Waals surface area contributed by atoms with Crippen LogP contribution in [0.3, 0.4) is 0 Å². The molecule has 0 spiro atoms. The lowest BCUT2D eigenvalue weighted by Crippen LogP contribution is -2.10.